The third-order valence-electron chi connectivity index (χ3n) is 12.2. The van der Waals surface area contributed by atoms with Gasteiger partial charge >= 0.3 is 12.1 Å². The molecule has 0 saturated heterocycles. The van der Waals surface area contributed by atoms with Crippen LogP contribution in [-0.2, 0) is 28.6 Å². The zero-order valence-corrected chi connectivity index (χ0v) is 26.7. The number of aliphatic hydroxyl groups excluding tert-OH is 1. The molecule has 5 rings (SSSR count). The minimum atomic E-state index is -2.09. The number of Topliss-reactive ketones (excluding diaryl/α,β-unsaturated/α-hetero) is 1. The maximum atomic E-state index is 17.6. The molecule has 9 heteroatoms. The maximum absolute atomic E-state index is 17.6. The largest absolute Gasteiger partial charge is 0.509 e. The second-order valence-corrected chi connectivity index (χ2v) is 14.5. The van der Waals surface area contributed by atoms with E-state index in [1.807, 2.05) is 13.8 Å². The summed E-state index contributed by atoms with van der Waals surface area (Å²) in [4.78, 5) is 52.3. The minimum absolute atomic E-state index is 0.127. The van der Waals surface area contributed by atoms with Gasteiger partial charge in [-0.25, -0.2) is 9.18 Å². The number of rotatable bonds is 10. The number of aliphatic hydroxyl groups is 1. The van der Waals surface area contributed by atoms with E-state index in [-0.39, 0.29) is 25.2 Å². The lowest BCUT2D eigenvalue weighted by molar-refractivity contribution is -0.222. The molecule has 4 saturated carbocycles. The number of carbonyl (C=O) groups excluding carboxylic acids is 4. The van der Waals surface area contributed by atoms with E-state index in [0.717, 1.165) is 25.7 Å². The smallest absolute Gasteiger partial charge is 0.457 e. The SMILES string of the molecule is CCCCOC(=O)O[C@]1(C(=O)COC(=O)CCC2CCCC2)[C@H](C)C[C@H]2[C@@H]3CCC4=CC(=O)C=C[C@]4(C)[C@@]3(F)[C@@H](O)C[C@@]21C. The van der Waals surface area contributed by atoms with Crippen molar-refractivity contribution in [1.82, 2.24) is 0 Å². The van der Waals surface area contributed by atoms with Gasteiger partial charge in [0.05, 0.1) is 12.7 Å². The lowest BCUT2D eigenvalue weighted by Gasteiger charge is -2.62. The van der Waals surface area contributed by atoms with Crippen LogP contribution in [0.4, 0.5) is 9.18 Å². The number of carbonyl (C=O) groups is 4. The van der Waals surface area contributed by atoms with Crippen LogP contribution in [0.5, 0.6) is 0 Å². The predicted octanol–water partition coefficient (Wildman–Crippen LogP) is 6.38. The van der Waals surface area contributed by atoms with Gasteiger partial charge < -0.3 is 19.3 Å². The van der Waals surface area contributed by atoms with Crippen molar-refractivity contribution in [2.24, 2.45) is 34.5 Å². The summed E-state index contributed by atoms with van der Waals surface area (Å²) in [5.41, 5.74) is -5.55. The van der Waals surface area contributed by atoms with E-state index in [2.05, 4.69) is 0 Å². The molecule has 0 amide bonds. The summed E-state index contributed by atoms with van der Waals surface area (Å²) < 4.78 is 34.6. The molecular weight excluding hydrogens is 567 g/mol. The number of allylic oxidation sites excluding steroid dienone is 4. The Balaban J connectivity index is 1.44. The number of ketones is 2. The van der Waals surface area contributed by atoms with E-state index >= 15 is 4.39 Å². The van der Waals surface area contributed by atoms with Crippen molar-refractivity contribution < 1.29 is 42.9 Å². The Morgan fingerprint density at radius 1 is 1.09 bits per heavy atom. The highest BCUT2D eigenvalue weighted by atomic mass is 19.1. The molecule has 244 valence electrons. The second-order valence-electron chi connectivity index (χ2n) is 14.5. The summed E-state index contributed by atoms with van der Waals surface area (Å²) in [6.07, 6.45) is 9.93. The average molecular weight is 617 g/mol. The van der Waals surface area contributed by atoms with Crippen LogP contribution in [0.25, 0.3) is 0 Å². The number of unbranched alkanes of at least 4 members (excludes halogenated alkanes) is 1. The van der Waals surface area contributed by atoms with Gasteiger partial charge in [0.2, 0.25) is 5.78 Å². The summed E-state index contributed by atoms with van der Waals surface area (Å²) in [7, 11) is 0. The third kappa shape index (κ3) is 5.15. The second kappa shape index (κ2) is 12.3. The van der Waals surface area contributed by atoms with E-state index in [1.165, 1.54) is 25.0 Å². The van der Waals surface area contributed by atoms with Crippen LogP contribution in [0.2, 0.25) is 0 Å². The van der Waals surface area contributed by atoms with Crippen molar-refractivity contribution in [3.63, 3.8) is 0 Å². The van der Waals surface area contributed by atoms with Gasteiger partial charge in [0.25, 0.3) is 0 Å². The molecule has 0 spiro atoms. The van der Waals surface area contributed by atoms with Crippen LogP contribution in [0.15, 0.2) is 23.8 Å². The van der Waals surface area contributed by atoms with Crippen LogP contribution >= 0.6 is 0 Å². The van der Waals surface area contributed by atoms with Crippen LogP contribution < -0.4 is 0 Å². The highest BCUT2D eigenvalue weighted by Crippen LogP contribution is 2.71. The van der Waals surface area contributed by atoms with Crippen molar-refractivity contribution in [2.45, 2.75) is 122 Å². The maximum Gasteiger partial charge on any atom is 0.509 e. The van der Waals surface area contributed by atoms with Crippen LogP contribution in [0, 0.1) is 34.5 Å². The topological polar surface area (TPSA) is 116 Å². The van der Waals surface area contributed by atoms with Gasteiger partial charge in [-0.1, -0.05) is 64.5 Å². The first-order chi connectivity index (χ1) is 20.8. The lowest BCUT2D eigenvalue weighted by atomic mass is 9.44. The van der Waals surface area contributed by atoms with Gasteiger partial charge in [-0.15, -0.1) is 0 Å². The summed E-state index contributed by atoms with van der Waals surface area (Å²) in [6.45, 7) is 6.86. The van der Waals surface area contributed by atoms with Crippen molar-refractivity contribution >= 4 is 23.7 Å². The summed E-state index contributed by atoms with van der Waals surface area (Å²) in [5, 5.41) is 11.8. The Hall–Kier alpha value is -2.55. The Bertz CT molecular complexity index is 1220. The Kier molecular flexibility index (Phi) is 9.20. The molecule has 0 aromatic rings. The number of halogens is 1. The van der Waals surface area contributed by atoms with Crippen LogP contribution in [0.1, 0.15) is 105 Å². The molecule has 44 heavy (non-hydrogen) atoms. The highest BCUT2D eigenvalue weighted by Gasteiger charge is 2.77. The quantitative estimate of drug-likeness (QED) is 0.222. The lowest BCUT2D eigenvalue weighted by Crippen LogP contribution is -2.70. The van der Waals surface area contributed by atoms with Gasteiger partial charge in [-0.2, -0.15) is 0 Å². The zero-order valence-electron chi connectivity index (χ0n) is 26.7. The van der Waals surface area contributed by atoms with Gasteiger partial charge in [0.1, 0.15) is 0 Å². The fourth-order valence-electron chi connectivity index (χ4n) is 9.81. The molecule has 8 atom stereocenters. The van der Waals surface area contributed by atoms with Crippen molar-refractivity contribution in [2.75, 3.05) is 13.2 Å². The zero-order chi connectivity index (χ0) is 31.9. The minimum Gasteiger partial charge on any atom is -0.457 e. The van der Waals surface area contributed by atoms with E-state index in [9.17, 15) is 24.3 Å². The van der Waals surface area contributed by atoms with Crippen LogP contribution in [-0.4, -0.2) is 59.4 Å². The van der Waals surface area contributed by atoms with E-state index in [1.54, 1.807) is 19.9 Å². The molecule has 0 heterocycles. The monoisotopic (exact) mass is 616 g/mol. The molecule has 4 fully saturated rings. The molecule has 5 aliphatic carbocycles. The van der Waals surface area contributed by atoms with E-state index in [4.69, 9.17) is 14.2 Å². The average Bonchev–Trinajstić information content (AvgIpc) is 3.57. The molecule has 1 N–H and O–H groups in total. The first-order valence-electron chi connectivity index (χ1n) is 16.7. The van der Waals surface area contributed by atoms with Gasteiger partial charge in [-0.05, 0) is 69.4 Å². The number of esters is 1. The van der Waals surface area contributed by atoms with E-state index in [0.29, 0.717) is 37.2 Å². The first kappa shape index (κ1) is 32.8. The van der Waals surface area contributed by atoms with Crippen LogP contribution in [0.3, 0.4) is 0 Å². The number of ether oxygens (including phenoxy) is 3. The molecule has 0 unspecified atom stereocenters. The van der Waals surface area contributed by atoms with Gasteiger partial charge in [-0.3, -0.25) is 14.4 Å². The number of fused-ring (bicyclic) bond motifs is 5. The number of hydrogen-bond donors (Lipinski definition) is 1. The van der Waals surface area contributed by atoms with Crippen molar-refractivity contribution in [3.05, 3.63) is 23.8 Å². The van der Waals surface area contributed by atoms with Crippen molar-refractivity contribution in [1.29, 1.82) is 0 Å². The third-order valence-corrected chi connectivity index (χ3v) is 12.2. The molecule has 0 aliphatic heterocycles. The van der Waals surface area contributed by atoms with Gasteiger partial charge in [0.15, 0.2) is 23.7 Å². The Labute approximate surface area is 260 Å². The predicted molar refractivity (Wildman–Crippen MR) is 160 cm³/mol. The molecule has 0 bridgehead atoms. The molecule has 0 aromatic carbocycles. The standard InChI is InChI=1S/C35H49FO8/c1-5-6-17-42-31(41)44-35(29(39)21-43-30(40)14-11-23-9-7-8-10-23)22(2)18-27-26-13-12-24-19-25(37)15-16-32(24,3)34(26,36)28(38)20-33(27,35)4/h15-16,19,22-23,26-28,38H,5-14,17-18,20-21H2,1-4H3/t22-,26+,27+,28+,32+,33+,34+,35+/m1/s1. The number of hydrogen-bond acceptors (Lipinski definition) is 8. The Morgan fingerprint density at radius 2 is 1.82 bits per heavy atom. The van der Waals surface area contributed by atoms with E-state index < -0.39 is 70.5 Å². The fraction of sp³-hybridized carbons (Fsp3) is 0.771. The number of alkyl halides is 1. The van der Waals surface area contributed by atoms with Crippen molar-refractivity contribution in [3.8, 4) is 0 Å². The fourth-order valence-corrected chi connectivity index (χ4v) is 9.81. The molecule has 0 aromatic heterocycles. The summed E-state index contributed by atoms with van der Waals surface area (Å²) in [5.74, 6) is -2.38. The van der Waals surface area contributed by atoms with Gasteiger partial charge in [0, 0.05) is 29.1 Å². The summed E-state index contributed by atoms with van der Waals surface area (Å²) >= 11 is 0. The molecule has 8 nitrogen and oxygen atoms in total. The first-order valence-corrected chi connectivity index (χ1v) is 16.7. The highest BCUT2D eigenvalue weighted by molar-refractivity contribution is 6.01. The molecule has 0 radical (unpaired) electrons. The Morgan fingerprint density at radius 3 is 2.52 bits per heavy atom. The normalized spacial score (nSPS) is 39.6. The molecule has 5 aliphatic rings. The molecular formula is C35H49FO8. The summed E-state index contributed by atoms with van der Waals surface area (Å²) in [6, 6.07) is 0.